The largest absolute Gasteiger partial charge is 0.392 e. The third kappa shape index (κ3) is 7.88. The van der Waals surface area contributed by atoms with Crippen LogP contribution in [0.4, 0.5) is 0 Å². The van der Waals surface area contributed by atoms with Crippen LogP contribution < -0.4 is 5.48 Å². The summed E-state index contributed by atoms with van der Waals surface area (Å²) >= 11 is 0. The average molecular weight is 133 g/mol. The molecule has 56 valence electrons. The van der Waals surface area contributed by atoms with E-state index in [-0.39, 0.29) is 12.2 Å². The molecule has 0 amide bonds. The summed E-state index contributed by atoms with van der Waals surface area (Å²) in [5.74, 6) is 0. The van der Waals surface area contributed by atoms with Crippen LogP contribution in [0.25, 0.3) is 0 Å². The van der Waals surface area contributed by atoms with Crippen molar-refractivity contribution in [1.29, 1.82) is 0 Å². The first kappa shape index (κ1) is 8.88. The van der Waals surface area contributed by atoms with Gasteiger partial charge in [-0.3, -0.25) is 4.84 Å². The molecular formula is C6H15NO2. The lowest BCUT2D eigenvalue weighted by Crippen LogP contribution is -2.27. The quantitative estimate of drug-likeness (QED) is 0.542. The molecule has 0 rings (SSSR count). The fourth-order valence-corrected chi connectivity index (χ4v) is 0.335. The Balaban J connectivity index is 2.91. The number of nitrogens with one attached hydrogen (secondary N) is 1. The van der Waals surface area contributed by atoms with Crippen LogP contribution in [0.1, 0.15) is 20.8 Å². The van der Waals surface area contributed by atoms with Crippen molar-refractivity contribution in [2.45, 2.75) is 33.0 Å². The molecule has 0 aliphatic heterocycles. The third-order valence-corrected chi connectivity index (χ3v) is 0.698. The van der Waals surface area contributed by atoms with Gasteiger partial charge in [0.2, 0.25) is 0 Å². The van der Waals surface area contributed by atoms with Crippen LogP contribution in [0.2, 0.25) is 0 Å². The van der Waals surface area contributed by atoms with Gasteiger partial charge in [0.25, 0.3) is 0 Å². The molecule has 0 fully saturated rings. The maximum Gasteiger partial charge on any atom is 0.0734 e. The molecule has 0 radical (unpaired) electrons. The minimum atomic E-state index is -0.344. The molecule has 1 unspecified atom stereocenters. The minimum absolute atomic E-state index is 0.170. The Bertz CT molecular complexity index is 56.1. The molecule has 0 aliphatic carbocycles. The molecule has 9 heavy (non-hydrogen) atoms. The molecule has 2 N–H and O–H groups in total. The SMILES string of the molecule is CC(O)CNOC(C)C. The van der Waals surface area contributed by atoms with Gasteiger partial charge in [0.05, 0.1) is 12.2 Å². The van der Waals surface area contributed by atoms with Crippen LogP contribution in [0.5, 0.6) is 0 Å². The molecule has 0 bridgehead atoms. The zero-order valence-electron chi connectivity index (χ0n) is 6.22. The highest BCUT2D eigenvalue weighted by Crippen LogP contribution is 1.82. The lowest BCUT2D eigenvalue weighted by Gasteiger charge is -2.09. The Morgan fingerprint density at radius 1 is 1.44 bits per heavy atom. The van der Waals surface area contributed by atoms with Crippen molar-refractivity contribution in [2.24, 2.45) is 0 Å². The van der Waals surface area contributed by atoms with Gasteiger partial charge in [-0.1, -0.05) is 0 Å². The van der Waals surface area contributed by atoms with E-state index in [0.717, 1.165) is 0 Å². The zero-order valence-corrected chi connectivity index (χ0v) is 6.22. The maximum atomic E-state index is 8.72. The first-order valence-corrected chi connectivity index (χ1v) is 3.19. The van der Waals surface area contributed by atoms with Gasteiger partial charge < -0.3 is 5.11 Å². The van der Waals surface area contributed by atoms with E-state index in [0.29, 0.717) is 6.54 Å². The van der Waals surface area contributed by atoms with Crippen LogP contribution in [0, 0.1) is 0 Å². The summed E-state index contributed by atoms with van der Waals surface area (Å²) in [5.41, 5.74) is 2.63. The number of aliphatic hydroxyl groups is 1. The second-order valence-corrected chi connectivity index (χ2v) is 2.36. The maximum absolute atomic E-state index is 8.72. The summed E-state index contributed by atoms with van der Waals surface area (Å²) in [4.78, 5) is 4.94. The van der Waals surface area contributed by atoms with Crippen molar-refractivity contribution in [3.05, 3.63) is 0 Å². The molecule has 0 aromatic heterocycles. The van der Waals surface area contributed by atoms with Crippen molar-refractivity contribution < 1.29 is 9.94 Å². The summed E-state index contributed by atoms with van der Waals surface area (Å²) in [6.07, 6.45) is -0.174. The van der Waals surface area contributed by atoms with Crippen molar-refractivity contribution in [2.75, 3.05) is 6.54 Å². The Hall–Kier alpha value is -0.120. The first-order chi connectivity index (χ1) is 4.13. The highest BCUT2D eigenvalue weighted by atomic mass is 16.7. The molecule has 0 spiro atoms. The van der Waals surface area contributed by atoms with E-state index in [4.69, 9.17) is 9.94 Å². The van der Waals surface area contributed by atoms with Crippen LogP contribution in [0.15, 0.2) is 0 Å². The smallest absolute Gasteiger partial charge is 0.0734 e. The summed E-state index contributed by atoms with van der Waals surface area (Å²) < 4.78 is 0. The zero-order chi connectivity index (χ0) is 7.28. The fourth-order valence-electron chi connectivity index (χ4n) is 0.335. The van der Waals surface area contributed by atoms with Gasteiger partial charge >= 0.3 is 0 Å². The number of rotatable bonds is 4. The van der Waals surface area contributed by atoms with Gasteiger partial charge in [0.1, 0.15) is 0 Å². The highest BCUT2D eigenvalue weighted by molar-refractivity contribution is 4.44. The summed E-state index contributed by atoms with van der Waals surface area (Å²) in [6, 6.07) is 0. The Kier molecular flexibility index (Phi) is 4.67. The highest BCUT2D eigenvalue weighted by Gasteiger charge is 1.95. The predicted molar refractivity (Wildman–Crippen MR) is 35.9 cm³/mol. The second kappa shape index (κ2) is 4.73. The molecular weight excluding hydrogens is 118 g/mol. The van der Waals surface area contributed by atoms with E-state index in [2.05, 4.69) is 5.48 Å². The van der Waals surface area contributed by atoms with Gasteiger partial charge in [-0.15, -0.1) is 0 Å². The van der Waals surface area contributed by atoms with E-state index in [1.54, 1.807) is 6.92 Å². The second-order valence-electron chi connectivity index (χ2n) is 2.36. The first-order valence-electron chi connectivity index (χ1n) is 3.19. The van der Waals surface area contributed by atoms with Gasteiger partial charge in [0.15, 0.2) is 0 Å². The van der Waals surface area contributed by atoms with Crippen LogP contribution >= 0.6 is 0 Å². The van der Waals surface area contributed by atoms with Crippen molar-refractivity contribution >= 4 is 0 Å². The van der Waals surface area contributed by atoms with E-state index >= 15 is 0 Å². The van der Waals surface area contributed by atoms with Crippen LogP contribution in [-0.4, -0.2) is 23.9 Å². The molecule has 0 aromatic rings. The molecule has 0 aromatic carbocycles. The molecule has 0 heterocycles. The Morgan fingerprint density at radius 2 is 2.00 bits per heavy atom. The van der Waals surface area contributed by atoms with E-state index in [9.17, 15) is 0 Å². The number of hydrogen-bond acceptors (Lipinski definition) is 3. The summed E-state index contributed by atoms with van der Waals surface area (Å²) in [5, 5.41) is 8.72. The third-order valence-electron chi connectivity index (χ3n) is 0.698. The van der Waals surface area contributed by atoms with E-state index in [1.165, 1.54) is 0 Å². The van der Waals surface area contributed by atoms with Gasteiger partial charge in [-0.05, 0) is 20.8 Å². The average Bonchev–Trinajstić information content (AvgIpc) is 1.63. The van der Waals surface area contributed by atoms with Crippen molar-refractivity contribution in [1.82, 2.24) is 5.48 Å². The van der Waals surface area contributed by atoms with Gasteiger partial charge in [-0.25, -0.2) is 0 Å². The fraction of sp³-hybridized carbons (Fsp3) is 1.00. The van der Waals surface area contributed by atoms with Gasteiger partial charge in [-0.2, -0.15) is 5.48 Å². The van der Waals surface area contributed by atoms with Gasteiger partial charge in [0, 0.05) is 6.54 Å². The standard InChI is InChI=1S/C6H15NO2/c1-5(2)9-7-4-6(3)8/h5-8H,4H2,1-3H3. The molecule has 3 nitrogen and oxygen atoms in total. The van der Waals surface area contributed by atoms with E-state index in [1.807, 2.05) is 13.8 Å². The minimum Gasteiger partial charge on any atom is -0.392 e. The van der Waals surface area contributed by atoms with Crippen LogP contribution in [-0.2, 0) is 4.84 Å². The Morgan fingerprint density at radius 3 is 2.33 bits per heavy atom. The number of hydrogen-bond donors (Lipinski definition) is 2. The topological polar surface area (TPSA) is 41.5 Å². The van der Waals surface area contributed by atoms with E-state index < -0.39 is 0 Å². The number of hydroxylamine groups is 1. The molecule has 0 aliphatic rings. The predicted octanol–water partition coefficient (Wildman–Crippen LogP) is 0.297. The Labute approximate surface area is 56.0 Å². The number of aliphatic hydroxyl groups excluding tert-OH is 1. The molecule has 3 heteroatoms. The monoisotopic (exact) mass is 133 g/mol. The normalized spacial score (nSPS) is 14.3. The van der Waals surface area contributed by atoms with Crippen LogP contribution in [0.3, 0.4) is 0 Å². The molecule has 0 saturated heterocycles. The lowest BCUT2D eigenvalue weighted by atomic mass is 10.4. The van der Waals surface area contributed by atoms with Crippen molar-refractivity contribution in [3.8, 4) is 0 Å². The lowest BCUT2D eigenvalue weighted by molar-refractivity contribution is -0.0210. The van der Waals surface area contributed by atoms with Crippen molar-refractivity contribution in [3.63, 3.8) is 0 Å². The molecule has 1 atom stereocenters. The summed E-state index contributed by atoms with van der Waals surface area (Å²) in [6.45, 7) is 6.04. The molecule has 0 saturated carbocycles. The summed E-state index contributed by atoms with van der Waals surface area (Å²) in [7, 11) is 0.